The van der Waals surface area contributed by atoms with Crippen LogP contribution in [0, 0.1) is 0 Å². The Labute approximate surface area is 108 Å². The molecule has 0 spiro atoms. The first-order valence-electron chi connectivity index (χ1n) is 4.83. The van der Waals surface area contributed by atoms with Crippen molar-refractivity contribution >= 4 is 35.0 Å². The number of halogens is 2. The van der Waals surface area contributed by atoms with Crippen LogP contribution in [-0.4, -0.2) is 23.5 Å². The fourth-order valence-corrected chi connectivity index (χ4v) is 1.67. The molecule has 0 saturated carbocycles. The molecule has 1 N–H and O–H groups in total. The molecule has 1 rings (SSSR count). The highest BCUT2D eigenvalue weighted by Gasteiger charge is 2.15. The summed E-state index contributed by atoms with van der Waals surface area (Å²) in [6.07, 6.45) is 0.311. The van der Waals surface area contributed by atoms with Crippen LogP contribution in [0.5, 0.6) is 5.75 Å². The molecule has 0 radical (unpaired) electrons. The van der Waals surface area contributed by atoms with Crippen molar-refractivity contribution in [2.45, 2.75) is 13.3 Å². The second kappa shape index (κ2) is 5.89. The van der Waals surface area contributed by atoms with Gasteiger partial charge in [-0.2, -0.15) is 0 Å². The van der Waals surface area contributed by atoms with Crippen molar-refractivity contribution in [3.05, 3.63) is 27.7 Å². The van der Waals surface area contributed by atoms with Crippen LogP contribution in [-0.2, 0) is 4.79 Å². The number of carboxylic acid groups (broad SMARTS) is 1. The fraction of sp³-hybridized carbons (Fsp3) is 0.273. The molecule has 17 heavy (non-hydrogen) atoms. The fourth-order valence-electron chi connectivity index (χ4n) is 1.19. The zero-order valence-electron chi connectivity index (χ0n) is 9.00. The molecule has 0 heterocycles. The largest absolute Gasteiger partial charge is 0.480 e. The Balaban J connectivity index is 3.02. The van der Waals surface area contributed by atoms with Crippen LogP contribution in [0.1, 0.15) is 23.7 Å². The van der Waals surface area contributed by atoms with E-state index in [9.17, 15) is 9.59 Å². The highest BCUT2D eigenvalue weighted by Crippen LogP contribution is 2.35. The van der Waals surface area contributed by atoms with Gasteiger partial charge in [0.2, 0.25) is 0 Å². The summed E-state index contributed by atoms with van der Waals surface area (Å²) in [5, 5.41) is 8.59. The molecule has 1 aromatic rings. The number of ether oxygens (including phenoxy) is 1. The average molecular weight is 277 g/mol. The standard InChI is InChI=1S/C11H10Cl2O4/c1-2-7(14)6-3-4-8(11(13)10(6)12)17-5-9(15)16/h3-4H,2,5H2,1H3,(H,15,16). The minimum Gasteiger partial charge on any atom is -0.480 e. The van der Waals surface area contributed by atoms with E-state index in [2.05, 4.69) is 0 Å². The summed E-state index contributed by atoms with van der Waals surface area (Å²) in [5.74, 6) is -1.11. The lowest BCUT2D eigenvalue weighted by atomic mass is 10.1. The van der Waals surface area contributed by atoms with Crippen molar-refractivity contribution < 1.29 is 19.4 Å². The van der Waals surface area contributed by atoms with Gasteiger partial charge in [-0.25, -0.2) is 4.79 Å². The predicted octanol–water partition coefficient (Wildman–Crippen LogP) is 3.05. The van der Waals surface area contributed by atoms with E-state index < -0.39 is 12.6 Å². The molecule has 0 aliphatic carbocycles. The third-order valence-corrected chi connectivity index (χ3v) is 2.88. The molecule has 0 bridgehead atoms. The number of carboxylic acids is 1. The molecule has 0 atom stereocenters. The van der Waals surface area contributed by atoms with E-state index in [0.29, 0.717) is 12.0 Å². The first kappa shape index (κ1) is 13.8. The van der Waals surface area contributed by atoms with Gasteiger partial charge in [-0.05, 0) is 12.1 Å². The van der Waals surface area contributed by atoms with Gasteiger partial charge >= 0.3 is 5.97 Å². The molecule has 0 fully saturated rings. The number of aliphatic carboxylic acids is 1. The van der Waals surface area contributed by atoms with Gasteiger partial charge in [0.1, 0.15) is 10.8 Å². The van der Waals surface area contributed by atoms with Crippen LogP contribution in [0.15, 0.2) is 12.1 Å². The van der Waals surface area contributed by atoms with Crippen LogP contribution in [0.2, 0.25) is 10.0 Å². The molecule has 4 nitrogen and oxygen atoms in total. The molecule has 0 aliphatic rings. The Morgan fingerprint density at radius 1 is 1.29 bits per heavy atom. The molecule has 1 aromatic carbocycles. The summed E-state index contributed by atoms with van der Waals surface area (Å²) in [7, 11) is 0. The van der Waals surface area contributed by atoms with Gasteiger partial charge in [-0.1, -0.05) is 30.1 Å². The van der Waals surface area contributed by atoms with Crippen molar-refractivity contribution in [1.29, 1.82) is 0 Å². The quantitative estimate of drug-likeness (QED) is 0.840. The normalized spacial score (nSPS) is 10.1. The van der Waals surface area contributed by atoms with Gasteiger partial charge in [0, 0.05) is 12.0 Å². The monoisotopic (exact) mass is 276 g/mol. The zero-order chi connectivity index (χ0) is 13.0. The van der Waals surface area contributed by atoms with E-state index in [1.807, 2.05) is 0 Å². The highest BCUT2D eigenvalue weighted by molar-refractivity contribution is 6.44. The molecule has 0 saturated heterocycles. The van der Waals surface area contributed by atoms with Crippen molar-refractivity contribution in [2.24, 2.45) is 0 Å². The minimum absolute atomic E-state index is 0.0483. The number of hydrogen-bond acceptors (Lipinski definition) is 3. The number of carbonyl (C=O) groups excluding carboxylic acids is 1. The summed E-state index contributed by atoms with van der Waals surface area (Å²) in [6, 6.07) is 2.90. The Kier molecular flexibility index (Phi) is 4.78. The third-order valence-electron chi connectivity index (χ3n) is 2.02. The van der Waals surface area contributed by atoms with Crippen molar-refractivity contribution in [3.63, 3.8) is 0 Å². The lowest BCUT2D eigenvalue weighted by Crippen LogP contribution is -2.10. The maximum absolute atomic E-state index is 11.5. The van der Waals surface area contributed by atoms with Crippen LogP contribution < -0.4 is 4.74 Å². The van der Waals surface area contributed by atoms with E-state index in [4.69, 9.17) is 33.0 Å². The third kappa shape index (κ3) is 3.35. The lowest BCUT2D eigenvalue weighted by molar-refractivity contribution is -0.139. The van der Waals surface area contributed by atoms with Gasteiger partial charge in [0.15, 0.2) is 12.4 Å². The van der Waals surface area contributed by atoms with E-state index in [1.54, 1.807) is 6.92 Å². The number of Topliss-reactive ketones (excluding diaryl/α,β-unsaturated/α-hetero) is 1. The molecular formula is C11H10Cl2O4. The van der Waals surface area contributed by atoms with Crippen LogP contribution in [0.3, 0.4) is 0 Å². The molecule has 0 amide bonds. The molecule has 0 aliphatic heterocycles. The summed E-state index contributed by atoms with van der Waals surface area (Å²) >= 11 is 11.8. The molecule has 0 unspecified atom stereocenters. The number of carbonyl (C=O) groups is 2. The number of ketones is 1. The molecular weight excluding hydrogens is 267 g/mol. The van der Waals surface area contributed by atoms with E-state index in [0.717, 1.165) is 0 Å². The van der Waals surface area contributed by atoms with Gasteiger partial charge in [0.05, 0.1) is 5.02 Å². The Bertz CT molecular complexity index is 457. The first-order valence-corrected chi connectivity index (χ1v) is 5.58. The molecule has 6 heteroatoms. The van der Waals surface area contributed by atoms with E-state index >= 15 is 0 Å². The first-order chi connectivity index (χ1) is 7.97. The Morgan fingerprint density at radius 2 is 1.94 bits per heavy atom. The van der Waals surface area contributed by atoms with Crippen LogP contribution in [0.25, 0.3) is 0 Å². The predicted molar refractivity (Wildman–Crippen MR) is 64.2 cm³/mol. The van der Waals surface area contributed by atoms with Gasteiger partial charge in [0.25, 0.3) is 0 Å². The highest BCUT2D eigenvalue weighted by atomic mass is 35.5. The SMILES string of the molecule is CCC(=O)c1ccc(OCC(=O)O)c(Cl)c1Cl. The van der Waals surface area contributed by atoms with Gasteiger partial charge in [-0.15, -0.1) is 0 Å². The number of rotatable bonds is 5. The minimum atomic E-state index is -1.12. The summed E-state index contributed by atoms with van der Waals surface area (Å²) < 4.78 is 4.92. The second-order valence-corrected chi connectivity index (χ2v) is 3.95. The van der Waals surface area contributed by atoms with Crippen LogP contribution in [0.4, 0.5) is 0 Å². The van der Waals surface area contributed by atoms with E-state index in [1.165, 1.54) is 12.1 Å². The Morgan fingerprint density at radius 3 is 2.47 bits per heavy atom. The van der Waals surface area contributed by atoms with Crippen LogP contribution >= 0.6 is 23.2 Å². The van der Waals surface area contributed by atoms with Gasteiger partial charge in [-0.3, -0.25) is 4.79 Å². The smallest absolute Gasteiger partial charge is 0.341 e. The van der Waals surface area contributed by atoms with Crippen molar-refractivity contribution in [1.82, 2.24) is 0 Å². The maximum atomic E-state index is 11.5. The molecule has 0 aromatic heterocycles. The summed E-state index contributed by atoms with van der Waals surface area (Å²) in [6.45, 7) is 1.19. The van der Waals surface area contributed by atoms with Gasteiger partial charge < -0.3 is 9.84 Å². The lowest BCUT2D eigenvalue weighted by Gasteiger charge is -2.09. The van der Waals surface area contributed by atoms with E-state index in [-0.39, 0.29) is 21.6 Å². The van der Waals surface area contributed by atoms with Crippen molar-refractivity contribution in [3.8, 4) is 5.75 Å². The zero-order valence-corrected chi connectivity index (χ0v) is 10.5. The number of hydrogen-bond donors (Lipinski definition) is 1. The summed E-state index contributed by atoms with van der Waals surface area (Å²) in [5.41, 5.74) is 0.307. The molecule has 92 valence electrons. The average Bonchev–Trinajstić information content (AvgIpc) is 2.30. The summed E-state index contributed by atoms with van der Waals surface area (Å²) in [4.78, 5) is 21.8. The number of benzene rings is 1. The maximum Gasteiger partial charge on any atom is 0.341 e. The topological polar surface area (TPSA) is 63.6 Å². The second-order valence-electron chi connectivity index (χ2n) is 3.20. The van der Waals surface area contributed by atoms with Crippen molar-refractivity contribution in [2.75, 3.05) is 6.61 Å². The Hall–Kier alpha value is -1.26.